The molecule has 0 aliphatic rings. The van der Waals surface area contributed by atoms with Crippen LogP contribution in [0.1, 0.15) is 32.4 Å². The van der Waals surface area contributed by atoms with Crippen molar-refractivity contribution in [3.05, 3.63) is 28.4 Å². The number of aromatic nitrogens is 2. The minimum atomic E-state index is -1.50. The highest BCUT2D eigenvalue weighted by Gasteiger charge is 2.26. The molecular formula is C9H13FN2O. The molecule has 1 unspecified atom stereocenters. The molecule has 0 saturated carbocycles. The predicted octanol–water partition coefficient (Wildman–Crippen LogP) is 1.75. The molecule has 0 saturated heterocycles. The quantitative estimate of drug-likeness (QED) is 0.777. The molecule has 1 N–H and O–H groups in total. The Bertz CT molecular complexity index is 332. The van der Waals surface area contributed by atoms with Crippen molar-refractivity contribution in [1.82, 2.24) is 9.97 Å². The summed E-state index contributed by atoms with van der Waals surface area (Å²) in [6.07, 6.45) is 2.33. The molecule has 0 aliphatic heterocycles. The van der Waals surface area contributed by atoms with E-state index in [4.69, 9.17) is 0 Å². The topological polar surface area (TPSA) is 45.8 Å². The van der Waals surface area contributed by atoms with E-state index in [2.05, 4.69) is 9.97 Å². The van der Waals surface area contributed by atoms with Crippen LogP contribution >= 0.6 is 0 Å². The fourth-order valence-corrected chi connectivity index (χ4v) is 1.25. The summed E-state index contributed by atoms with van der Waals surface area (Å²) < 4.78 is 13.8. The third kappa shape index (κ3) is 2.37. The van der Waals surface area contributed by atoms with Crippen molar-refractivity contribution in [1.29, 1.82) is 0 Å². The van der Waals surface area contributed by atoms with E-state index in [1.54, 1.807) is 0 Å². The first-order valence-electron chi connectivity index (χ1n) is 4.30. The van der Waals surface area contributed by atoms with Gasteiger partial charge in [-0.05, 0) is 13.3 Å². The standard InChI is InChI=1S/C9H13FN2O/c1-3-4-9(2,10)7-5-8(13)12-6-11-7/h5-6H,3-4H2,1-2H3,(H,11,12,13). The Labute approximate surface area is 76.0 Å². The minimum absolute atomic E-state index is 0.207. The third-order valence-corrected chi connectivity index (χ3v) is 1.93. The second-order valence-corrected chi connectivity index (χ2v) is 3.24. The molecule has 1 aromatic heterocycles. The van der Waals surface area contributed by atoms with E-state index >= 15 is 0 Å². The molecule has 13 heavy (non-hydrogen) atoms. The minimum Gasteiger partial charge on any atom is -0.313 e. The van der Waals surface area contributed by atoms with Gasteiger partial charge in [0.25, 0.3) is 5.56 Å². The number of alkyl halides is 1. The maximum Gasteiger partial charge on any atom is 0.251 e. The Morgan fingerprint density at radius 1 is 1.69 bits per heavy atom. The summed E-state index contributed by atoms with van der Waals surface area (Å²) in [6, 6.07) is 1.20. The molecule has 0 spiro atoms. The normalized spacial score (nSPS) is 15.3. The van der Waals surface area contributed by atoms with Gasteiger partial charge in [-0.25, -0.2) is 9.37 Å². The van der Waals surface area contributed by atoms with Gasteiger partial charge in [0.05, 0.1) is 12.0 Å². The molecule has 0 bridgehead atoms. The van der Waals surface area contributed by atoms with Crippen LogP contribution < -0.4 is 5.56 Å². The van der Waals surface area contributed by atoms with Crippen molar-refractivity contribution in [2.24, 2.45) is 0 Å². The van der Waals surface area contributed by atoms with Gasteiger partial charge in [-0.1, -0.05) is 13.3 Å². The number of rotatable bonds is 3. The van der Waals surface area contributed by atoms with Gasteiger partial charge in [0, 0.05) is 6.07 Å². The Kier molecular flexibility index (Phi) is 2.80. The molecule has 4 heteroatoms. The number of hydrogen-bond acceptors (Lipinski definition) is 2. The second-order valence-electron chi connectivity index (χ2n) is 3.24. The van der Waals surface area contributed by atoms with Gasteiger partial charge in [-0.2, -0.15) is 0 Å². The summed E-state index contributed by atoms with van der Waals surface area (Å²) in [5.41, 5.74) is -1.61. The molecular weight excluding hydrogens is 171 g/mol. The van der Waals surface area contributed by atoms with Crippen molar-refractivity contribution in [3.63, 3.8) is 0 Å². The number of nitrogens with one attached hydrogen (secondary N) is 1. The van der Waals surface area contributed by atoms with E-state index < -0.39 is 5.67 Å². The summed E-state index contributed by atoms with van der Waals surface area (Å²) in [7, 11) is 0. The molecule has 0 fully saturated rings. The van der Waals surface area contributed by atoms with Crippen LogP contribution in [-0.2, 0) is 5.67 Å². The van der Waals surface area contributed by atoms with E-state index in [1.165, 1.54) is 19.3 Å². The average Bonchev–Trinajstić information content (AvgIpc) is 2.04. The summed E-state index contributed by atoms with van der Waals surface area (Å²) >= 11 is 0. The Hall–Kier alpha value is -1.19. The molecule has 0 radical (unpaired) electrons. The van der Waals surface area contributed by atoms with Gasteiger partial charge in [0.15, 0.2) is 0 Å². The fourth-order valence-electron chi connectivity index (χ4n) is 1.25. The van der Waals surface area contributed by atoms with Gasteiger partial charge in [-0.15, -0.1) is 0 Å². The Morgan fingerprint density at radius 2 is 2.38 bits per heavy atom. The van der Waals surface area contributed by atoms with Crippen molar-refractivity contribution in [2.75, 3.05) is 0 Å². The van der Waals surface area contributed by atoms with Crippen molar-refractivity contribution < 1.29 is 4.39 Å². The van der Waals surface area contributed by atoms with E-state index in [9.17, 15) is 9.18 Å². The largest absolute Gasteiger partial charge is 0.313 e. The lowest BCUT2D eigenvalue weighted by Gasteiger charge is -2.17. The molecule has 1 heterocycles. The highest BCUT2D eigenvalue weighted by atomic mass is 19.1. The van der Waals surface area contributed by atoms with E-state index in [0.29, 0.717) is 6.42 Å². The number of H-pyrrole nitrogens is 1. The smallest absolute Gasteiger partial charge is 0.251 e. The maximum absolute atomic E-state index is 13.8. The Morgan fingerprint density at radius 3 is 2.92 bits per heavy atom. The highest BCUT2D eigenvalue weighted by molar-refractivity contribution is 5.08. The molecule has 3 nitrogen and oxygen atoms in total. The maximum atomic E-state index is 13.8. The highest BCUT2D eigenvalue weighted by Crippen LogP contribution is 2.27. The predicted molar refractivity (Wildman–Crippen MR) is 48.2 cm³/mol. The fraction of sp³-hybridized carbons (Fsp3) is 0.556. The molecule has 72 valence electrons. The zero-order valence-electron chi connectivity index (χ0n) is 7.80. The van der Waals surface area contributed by atoms with E-state index in [1.807, 2.05) is 6.92 Å². The number of halogens is 1. The van der Waals surface area contributed by atoms with Crippen molar-refractivity contribution >= 4 is 0 Å². The van der Waals surface area contributed by atoms with E-state index in [-0.39, 0.29) is 11.3 Å². The molecule has 0 amide bonds. The van der Waals surface area contributed by atoms with Crippen LogP contribution in [0.15, 0.2) is 17.2 Å². The summed E-state index contributed by atoms with van der Waals surface area (Å²) in [6.45, 7) is 3.34. The van der Waals surface area contributed by atoms with Gasteiger partial charge in [-0.3, -0.25) is 4.79 Å². The monoisotopic (exact) mass is 184 g/mol. The SMILES string of the molecule is CCCC(C)(F)c1cc(=O)[nH]cn1. The second kappa shape index (κ2) is 3.68. The average molecular weight is 184 g/mol. The first-order valence-corrected chi connectivity index (χ1v) is 4.30. The van der Waals surface area contributed by atoms with Gasteiger partial charge in [0.1, 0.15) is 5.67 Å². The zero-order valence-corrected chi connectivity index (χ0v) is 7.80. The van der Waals surface area contributed by atoms with Gasteiger partial charge in [0.2, 0.25) is 0 Å². The van der Waals surface area contributed by atoms with Crippen molar-refractivity contribution in [2.45, 2.75) is 32.4 Å². The summed E-state index contributed by atoms with van der Waals surface area (Å²) in [4.78, 5) is 17.0. The van der Waals surface area contributed by atoms with Gasteiger partial charge >= 0.3 is 0 Å². The van der Waals surface area contributed by atoms with Crippen LogP contribution in [0.4, 0.5) is 4.39 Å². The summed E-state index contributed by atoms with van der Waals surface area (Å²) in [5, 5.41) is 0. The van der Waals surface area contributed by atoms with Crippen molar-refractivity contribution in [3.8, 4) is 0 Å². The number of aromatic amines is 1. The van der Waals surface area contributed by atoms with E-state index in [0.717, 1.165) is 6.42 Å². The molecule has 1 atom stereocenters. The lowest BCUT2D eigenvalue weighted by molar-refractivity contribution is 0.168. The first-order chi connectivity index (χ1) is 6.06. The van der Waals surface area contributed by atoms with Crippen LogP contribution in [0.25, 0.3) is 0 Å². The van der Waals surface area contributed by atoms with Gasteiger partial charge < -0.3 is 4.98 Å². The van der Waals surface area contributed by atoms with Crippen LogP contribution in [0.5, 0.6) is 0 Å². The lowest BCUT2D eigenvalue weighted by Crippen LogP contribution is -2.20. The number of nitrogens with zero attached hydrogens (tertiary/aromatic N) is 1. The first kappa shape index (κ1) is 9.89. The summed E-state index contributed by atoms with van der Waals surface area (Å²) in [5.74, 6) is 0. The molecule has 1 aromatic rings. The zero-order chi connectivity index (χ0) is 9.90. The van der Waals surface area contributed by atoms with Crippen LogP contribution in [0.2, 0.25) is 0 Å². The Balaban J connectivity index is 2.99. The van der Waals surface area contributed by atoms with Crippen LogP contribution in [0, 0.1) is 0 Å². The molecule has 0 aliphatic carbocycles. The third-order valence-electron chi connectivity index (χ3n) is 1.93. The molecule has 0 aromatic carbocycles. The van der Waals surface area contributed by atoms with Crippen LogP contribution in [0.3, 0.4) is 0 Å². The molecule has 1 rings (SSSR count). The van der Waals surface area contributed by atoms with Crippen LogP contribution in [-0.4, -0.2) is 9.97 Å². The number of hydrogen-bond donors (Lipinski definition) is 1. The lowest BCUT2D eigenvalue weighted by atomic mass is 9.98.